The topological polar surface area (TPSA) is 108 Å². The summed E-state index contributed by atoms with van der Waals surface area (Å²) in [4.78, 5) is 49.8. The fraction of sp³-hybridized carbons (Fsp3) is 0.600. The third-order valence-electron chi connectivity index (χ3n) is 5.63. The van der Waals surface area contributed by atoms with Gasteiger partial charge in [-0.3, -0.25) is 9.59 Å². The van der Waals surface area contributed by atoms with Gasteiger partial charge in [-0.05, 0) is 44.0 Å². The number of amides is 1. The molecule has 0 unspecified atom stereocenters. The van der Waals surface area contributed by atoms with Crippen molar-refractivity contribution >= 4 is 34.9 Å². The number of benzene rings is 1. The molecule has 188 valence electrons. The number of hydrogen-bond donors (Lipinski definition) is 1. The summed E-state index contributed by atoms with van der Waals surface area (Å²) in [5, 5.41) is 1.97. The summed E-state index contributed by atoms with van der Waals surface area (Å²) >= 11 is 0.733. The maximum Gasteiger partial charge on any atom is 0.370 e. The Morgan fingerprint density at radius 1 is 1.00 bits per heavy atom. The van der Waals surface area contributed by atoms with Crippen LogP contribution in [-0.2, 0) is 35.2 Å². The molecule has 1 saturated carbocycles. The van der Waals surface area contributed by atoms with Crippen molar-refractivity contribution < 1.29 is 33.4 Å². The van der Waals surface area contributed by atoms with Crippen LogP contribution >= 0.6 is 11.8 Å². The van der Waals surface area contributed by atoms with Crippen molar-refractivity contribution in [1.82, 2.24) is 5.32 Å². The van der Waals surface area contributed by atoms with Gasteiger partial charge in [0.1, 0.15) is 12.6 Å². The molecule has 0 spiro atoms. The molecule has 0 aromatic heterocycles. The third-order valence-corrected chi connectivity index (χ3v) is 6.67. The van der Waals surface area contributed by atoms with Gasteiger partial charge in [0.25, 0.3) is 0 Å². The van der Waals surface area contributed by atoms with Crippen molar-refractivity contribution in [2.45, 2.75) is 77.2 Å². The highest BCUT2D eigenvalue weighted by molar-refractivity contribution is 8.14. The second-order valence-electron chi connectivity index (χ2n) is 9.21. The number of carbonyl (C=O) groups excluding carboxylic acids is 4. The van der Waals surface area contributed by atoms with Crippen LogP contribution in [0, 0.1) is 11.8 Å². The van der Waals surface area contributed by atoms with E-state index in [1.54, 1.807) is 27.7 Å². The van der Waals surface area contributed by atoms with Crippen molar-refractivity contribution in [2.75, 3.05) is 6.79 Å². The molecule has 0 bridgehead atoms. The van der Waals surface area contributed by atoms with Crippen molar-refractivity contribution in [2.24, 2.45) is 11.8 Å². The maximum absolute atomic E-state index is 12.9. The zero-order valence-electron chi connectivity index (χ0n) is 20.3. The van der Waals surface area contributed by atoms with Gasteiger partial charge in [-0.2, -0.15) is 0 Å². The van der Waals surface area contributed by atoms with Crippen molar-refractivity contribution in [3.05, 3.63) is 35.9 Å². The van der Waals surface area contributed by atoms with Crippen LogP contribution in [0.1, 0.15) is 65.4 Å². The van der Waals surface area contributed by atoms with E-state index in [9.17, 15) is 19.2 Å². The van der Waals surface area contributed by atoms with Gasteiger partial charge < -0.3 is 19.5 Å². The zero-order valence-corrected chi connectivity index (χ0v) is 21.2. The number of ether oxygens (including phenoxy) is 3. The summed E-state index contributed by atoms with van der Waals surface area (Å²) in [6.07, 6.45) is 4.68. The summed E-state index contributed by atoms with van der Waals surface area (Å²) in [5.74, 6) is -1.87. The van der Waals surface area contributed by atoms with Crippen LogP contribution in [-0.4, -0.2) is 40.7 Å². The van der Waals surface area contributed by atoms with Crippen LogP contribution < -0.4 is 5.32 Å². The Kier molecular flexibility index (Phi) is 10.9. The Hall–Kier alpha value is -2.55. The van der Waals surface area contributed by atoms with E-state index in [4.69, 9.17) is 14.2 Å². The first-order chi connectivity index (χ1) is 16.1. The Morgan fingerprint density at radius 2 is 1.65 bits per heavy atom. The lowest BCUT2D eigenvalue weighted by Crippen LogP contribution is -2.54. The minimum atomic E-state index is -1.10. The zero-order chi connectivity index (χ0) is 25.1. The minimum Gasteiger partial charge on any atom is -0.459 e. The van der Waals surface area contributed by atoms with E-state index >= 15 is 0 Å². The number of carbonyl (C=O) groups is 4. The standard InChI is InChI=1S/C25H35NO7S/c1-17(2)21(27)26-20(23(29)31-15-18-11-7-5-8-12-18)25(3,4)34-24(30)33-16-32-22(28)19-13-9-6-10-14-19/h5,7-8,11-12,17,19-20H,6,9-10,13-16H2,1-4H3,(H,26,27)/t20-/m0/s1. The van der Waals surface area contributed by atoms with Gasteiger partial charge in [0.05, 0.1) is 10.7 Å². The second kappa shape index (κ2) is 13.4. The number of hydrogen-bond acceptors (Lipinski definition) is 8. The fourth-order valence-electron chi connectivity index (χ4n) is 3.53. The molecule has 1 aromatic carbocycles. The van der Waals surface area contributed by atoms with E-state index in [-0.39, 0.29) is 30.3 Å². The van der Waals surface area contributed by atoms with Gasteiger partial charge in [0.2, 0.25) is 12.7 Å². The molecular formula is C25H35NO7S. The predicted molar refractivity (Wildman–Crippen MR) is 129 cm³/mol. The fourth-order valence-corrected chi connectivity index (χ4v) is 4.34. The monoisotopic (exact) mass is 493 g/mol. The number of thioether (sulfide) groups is 1. The summed E-state index contributed by atoms with van der Waals surface area (Å²) in [6, 6.07) is 8.06. The summed E-state index contributed by atoms with van der Waals surface area (Å²) < 4.78 is 14.5. The Morgan fingerprint density at radius 3 is 2.26 bits per heavy atom. The largest absolute Gasteiger partial charge is 0.459 e. The molecule has 34 heavy (non-hydrogen) atoms. The Labute approximate surface area is 205 Å². The molecule has 1 aliphatic rings. The molecular weight excluding hydrogens is 458 g/mol. The minimum absolute atomic E-state index is 0.0377. The first kappa shape index (κ1) is 27.7. The van der Waals surface area contributed by atoms with E-state index in [1.807, 2.05) is 30.3 Å². The SMILES string of the molecule is CC(C)C(=O)N[C@@H](C(=O)OCc1ccccc1)C(C)(C)SC(=O)OCOC(=O)C1CCCCC1. The van der Waals surface area contributed by atoms with Crippen LogP contribution in [0.2, 0.25) is 0 Å². The average molecular weight is 494 g/mol. The van der Waals surface area contributed by atoms with Gasteiger partial charge in [-0.15, -0.1) is 0 Å². The first-order valence-corrected chi connectivity index (χ1v) is 12.4. The van der Waals surface area contributed by atoms with Crippen molar-refractivity contribution in [3.8, 4) is 0 Å². The normalized spacial score (nSPS) is 15.3. The van der Waals surface area contributed by atoms with Gasteiger partial charge in [-0.25, -0.2) is 9.59 Å². The molecule has 1 amide bonds. The molecule has 1 fully saturated rings. The molecule has 9 heteroatoms. The van der Waals surface area contributed by atoms with Gasteiger partial charge in [0, 0.05) is 5.92 Å². The molecule has 0 aliphatic heterocycles. The van der Waals surface area contributed by atoms with E-state index in [2.05, 4.69) is 5.32 Å². The summed E-state index contributed by atoms with van der Waals surface area (Å²) in [5.41, 5.74) is 0.800. The molecule has 1 aliphatic carbocycles. The molecule has 1 N–H and O–H groups in total. The van der Waals surface area contributed by atoms with Crippen LogP contribution in [0.15, 0.2) is 30.3 Å². The molecule has 2 rings (SSSR count). The van der Waals surface area contributed by atoms with Gasteiger partial charge in [-0.1, -0.05) is 63.4 Å². The van der Waals surface area contributed by atoms with Gasteiger partial charge >= 0.3 is 17.2 Å². The lowest BCUT2D eigenvalue weighted by atomic mass is 9.89. The average Bonchev–Trinajstić information content (AvgIpc) is 2.81. The summed E-state index contributed by atoms with van der Waals surface area (Å²) in [7, 11) is 0. The molecule has 8 nitrogen and oxygen atoms in total. The lowest BCUT2D eigenvalue weighted by molar-refractivity contribution is -0.157. The second-order valence-corrected chi connectivity index (χ2v) is 10.8. The highest BCUT2D eigenvalue weighted by atomic mass is 32.2. The van der Waals surface area contributed by atoms with Crippen molar-refractivity contribution in [1.29, 1.82) is 0 Å². The highest BCUT2D eigenvalue weighted by Gasteiger charge is 2.41. The quantitative estimate of drug-likeness (QED) is 0.372. The smallest absolute Gasteiger partial charge is 0.370 e. The maximum atomic E-state index is 12.9. The molecule has 1 aromatic rings. The van der Waals surface area contributed by atoms with E-state index in [1.165, 1.54) is 0 Å². The molecule has 1 atom stereocenters. The van der Waals surface area contributed by atoms with Crippen LogP contribution in [0.25, 0.3) is 0 Å². The summed E-state index contributed by atoms with van der Waals surface area (Å²) in [6.45, 7) is 6.24. The Bertz CT molecular complexity index is 835. The van der Waals surface area contributed by atoms with Crippen LogP contribution in [0.3, 0.4) is 0 Å². The number of esters is 2. The van der Waals surface area contributed by atoms with E-state index in [0.29, 0.717) is 0 Å². The predicted octanol–water partition coefficient (Wildman–Crippen LogP) is 4.60. The van der Waals surface area contributed by atoms with Crippen LogP contribution in [0.5, 0.6) is 0 Å². The lowest BCUT2D eigenvalue weighted by Gasteiger charge is -2.32. The highest BCUT2D eigenvalue weighted by Crippen LogP contribution is 2.31. The van der Waals surface area contributed by atoms with Crippen molar-refractivity contribution in [3.63, 3.8) is 0 Å². The van der Waals surface area contributed by atoms with Crippen LogP contribution in [0.4, 0.5) is 4.79 Å². The molecule has 0 radical (unpaired) electrons. The first-order valence-electron chi connectivity index (χ1n) is 11.6. The number of rotatable bonds is 10. The van der Waals surface area contributed by atoms with Gasteiger partial charge in [0.15, 0.2) is 0 Å². The number of nitrogens with one attached hydrogen (secondary N) is 1. The Balaban J connectivity index is 1.94. The van der Waals surface area contributed by atoms with E-state index in [0.717, 1.165) is 49.4 Å². The van der Waals surface area contributed by atoms with E-state index < -0.39 is 28.9 Å². The molecule has 0 heterocycles. The third kappa shape index (κ3) is 9.00. The molecule has 0 saturated heterocycles.